The van der Waals surface area contributed by atoms with Crippen LogP contribution >= 0.6 is 0 Å². The zero-order valence-electron chi connectivity index (χ0n) is 11.0. The van der Waals surface area contributed by atoms with Crippen molar-refractivity contribution in [3.63, 3.8) is 0 Å². The van der Waals surface area contributed by atoms with Crippen LogP contribution in [0.15, 0.2) is 30.9 Å². The van der Waals surface area contributed by atoms with Crippen LogP contribution in [0, 0.1) is 10.1 Å². The Morgan fingerprint density at radius 3 is 2.78 bits per heavy atom. The molecular formula is C14H20N2O2. The Balaban J connectivity index is 2.98. The van der Waals surface area contributed by atoms with E-state index in [1.807, 2.05) is 6.07 Å². The van der Waals surface area contributed by atoms with Gasteiger partial charge in [0.25, 0.3) is 5.69 Å². The third-order valence-electron chi connectivity index (χ3n) is 3.01. The van der Waals surface area contributed by atoms with Gasteiger partial charge >= 0.3 is 0 Å². The summed E-state index contributed by atoms with van der Waals surface area (Å²) in [7, 11) is 0. The standard InChI is InChI=1S/C14H20N2O2/c1-4-6-15-10-12-7-13(11(3)5-2)9-14(8-12)16(17)18/h4,7-9,11,15H,1,5-6,10H2,2-3H3. The van der Waals surface area contributed by atoms with Gasteiger partial charge < -0.3 is 5.32 Å². The summed E-state index contributed by atoms with van der Waals surface area (Å²) < 4.78 is 0. The Morgan fingerprint density at radius 2 is 2.22 bits per heavy atom. The van der Waals surface area contributed by atoms with E-state index in [2.05, 4.69) is 25.7 Å². The summed E-state index contributed by atoms with van der Waals surface area (Å²) in [4.78, 5) is 10.6. The number of non-ortho nitro benzene ring substituents is 1. The van der Waals surface area contributed by atoms with Crippen molar-refractivity contribution >= 4 is 5.69 Å². The molecule has 4 nitrogen and oxygen atoms in total. The molecule has 0 spiro atoms. The predicted molar refractivity (Wildman–Crippen MR) is 73.7 cm³/mol. The molecule has 1 atom stereocenters. The van der Waals surface area contributed by atoms with Crippen LogP contribution in [0.4, 0.5) is 5.69 Å². The molecule has 0 saturated heterocycles. The molecule has 1 aromatic carbocycles. The van der Waals surface area contributed by atoms with Crippen molar-refractivity contribution in [2.45, 2.75) is 32.7 Å². The molecule has 1 rings (SSSR count). The van der Waals surface area contributed by atoms with E-state index in [1.54, 1.807) is 18.2 Å². The van der Waals surface area contributed by atoms with Gasteiger partial charge in [-0.2, -0.15) is 0 Å². The number of hydrogen-bond acceptors (Lipinski definition) is 3. The van der Waals surface area contributed by atoms with E-state index >= 15 is 0 Å². The number of nitrogens with zero attached hydrogens (tertiary/aromatic N) is 1. The molecule has 98 valence electrons. The summed E-state index contributed by atoms with van der Waals surface area (Å²) in [6.45, 7) is 9.11. The summed E-state index contributed by atoms with van der Waals surface area (Å²) >= 11 is 0. The number of nitro groups is 1. The fourth-order valence-electron chi connectivity index (χ4n) is 1.75. The topological polar surface area (TPSA) is 55.2 Å². The lowest BCUT2D eigenvalue weighted by Crippen LogP contribution is -2.13. The van der Waals surface area contributed by atoms with E-state index in [-0.39, 0.29) is 10.6 Å². The minimum absolute atomic E-state index is 0.170. The second-order valence-corrected chi connectivity index (χ2v) is 4.42. The molecular weight excluding hydrogens is 228 g/mol. The van der Waals surface area contributed by atoms with Crippen molar-refractivity contribution in [1.29, 1.82) is 0 Å². The van der Waals surface area contributed by atoms with E-state index in [0.29, 0.717) is 19.0 Å². The summed E-state index contributed by atoms with van der Waals surface area (Å²) in [6.07, 6.45) is 2.74. The summed E-state index contributed by atoms with van der Waals surface area (Å²) in [5, 5.41) is 14.1. The fraction of sp³-hybridized carbons (Fsp3) is 0.429. The Morgan fingerprint density at radius 1 is 1.50 bits per heavy atom. The lowest BCUT2D eigenvalue weighted by molar-refractivity contribution is -0.385. The average molecular weight is 248 g/mol. The lowest BCUT2D eigenvalue weighted by Gasteiger charge is -2.11. The van der Waals surface area contributed by atoms with Gasteiger partial charge in [-0.3, -0.25) is 10.1 Å². The quantitative estimate of drug-likeness (QED) is 0.348. The summed E-state index contributed by atoms with van der Waals surface area (Å²) in [6, 6.07) is 5.34. The number of benzene rings is 1. The molecule has 0 aromatic heterocycles. The van der Waals surface area contributed by atoms with Crippen molar-refractivity contribution in [2.24, 2.45) is 0 Å². The normalized spacial score (nSPS) is 12.1. The van der Waals surface area contributed by atoms with Gasteiger partial charge in [0.15, 0.2) is 0 Å². The van der Waals surface area contributed by atoms with Gasteiger partial charge in [-0.05, 0) is 23.5 Å². The third-order valence-corrected chi connectivity index (χ3v) is 3.01. The predicted octanol–water partition coefficient (Wildman–Crippen LogP) is 3.38. The molecule has 0 aliphatic rings. The molecule has 18 heavy (non-hydrogen) atoms. The zero-order valence-corrected chi connectivity index (χ0v) is 11.0. The Hall–Kier alpha value is -1.68. The van der Waals surface area contributed by atoms with Gasteiger partial charge in [0, 0.05) is 25.2 Å². The van der Waals surface area contributed by atoms with Crippen LogP contribution in [0.25, 0.3) is 0 Å². The van der Waals surface area contributed by atoms with Crippen LogP contribution in [-0.4, -0.2) is 11.5 Å². The Kier molecular flexibility index (Phi) is 5.52. The van der Waals surface area contributed by atoms with Crippen LogP contribution in [0.2, 0.25) is 0 Å². The van der Waals surface area contributed by atoms with Crippen LogP contribution in [-0.2, 0) is 6.54 Å². The van der Waals surface area contributed by atoms with Gasteiger partial charge in [-0.25, -0.2) is 0 Å². The highest BCUT2D eigenvalue weighted by atomic mass is 16.6. The van der Waals surface area contributed by atoms with Crippen molar-refractivity contribution in [2.75, 3.05) is 6.54 Å². The molecule has 1 N–H and O–H groups in total. The second kappa shape index (κ2) is 6.91. The molecule has 1 unspecified atom stereocenters. The molecule has 0 heterocycles. The van der Waals surface area contributed by atoms with Crippen molar-refractivity contribution < 1.29 is 4.92 Å². The number of hydrogen-bond donors (Lipinski definition) is 1. The second-order valence-electron chi connectivity index (χ2n) is 4.42. The minimum atomic E-state index is -0.330. The molecule has 0 aliphatic heterocycles. The van der Waals surface area contributed by atoms with E-state index in [1.165, 1.54) is 0 Å². The van der Waals surface area contributed by atoms with Gasteiger partial charge in [0.1, 0.15) is 0 Å². The van der Waals surface area contributed by atoms with Crippen LogP contribution in [0.1, 0.15) is 37.3 Å². The highest BCUT2D eigenvalue weighted by Crippen LogP contribution is 2.25. The van der Waals surface area contributed by atoms with Gasteiger partial charge in [0.2, 0.25) is 0 Å². The number of nitro benzene ring substituents is 1. The summed E-state index contributed by atoms with van der Waals surface area (Å²) in [5.41, 5.74) is 2.15. The lowest BCUT2D eigenvalue weighted by atomic mass is 9.96. The van der Waals surface area contributed by atoms with Crippen LogP contribution in [0.5, 0.6) is 0 Å². The Labute approximate surface area is 108 Å². The van der Waals surface area contributed by atoms with E-state index in [4.69, 9.17) is 0 Å². The van der Waals surface area contributed by atoms with E-state index < -0.39 is 0 Å². The van der Waals surface area contributed by atoms with Crippen molar-refractivity contribution in [1.82, 2.24) is 5.32 Å². The van der Waals surface area contributed by atoms with Gasteiger partial charge in [-0.15, -0.1) is 6.58 Å². The third kappa shape index (κ3) is 3.96. The minimum Gasteiger partial charge on any atom is -0.309 e. The highest BCUT2D eigenvalue weighted by Gasteiger charge is 2.12. The molecule has 0 radical (unpaired) electrons. The Bertz CT molecular complexity index is 430. The monoisotopic (exact) mass is 248 g/mol. The smallest absolute Gasteiger partial charge is 0.270 e. The van der Waals surface area contributed by atoms with Gasteiger partial charge in [-0.1, -0.05) is 26.0 Å². The first-order chi connectivity index (χ1) is 8.58. The molecule has 0 saturated carbocycles. The molecule has 1 aromatic rings. The van der Waals surface area contributed by atoms with Crippen molar-refractivity contribution in [3.05, 3.63) is 52.1 Å². The molecule has 0 amide bonds. The highest BCUT2D eigenvalue weighted by molar-refractivity contribution is 5.40. The average Bonchev–Trinajstić information content (AvgIpc) is 2.37. The first-order valence-corrected chi connectivity index (χ1v) is 6.18. The molecule has 0 aliphatic carbocycles. The summed E-state index contributed by atoms with van der Waals surface area (Å²) in [5.74, 6) is 0.336. The maximum Gasteiger partial charge on any atom is 0.270 e. The number of nitrogens with one attached hydrogen (secondary N) is 1. The van der Waals surface area contributed by atoms with Crippen LogP contribution < -0.4 is 5.32 Å². The first-order valence-electron chi connectivity index (χ1n) is 6.18. The SMILES string of the molecule is C=CCNCc1cc(C(C)CC)cc([N+](=O)[O-])c1. The fourth-order valence-corrected chi connectivity index (χ4v) is 1.75. The molecule has 4 heteroatoms. The molecule has 0 bridgehead atoms. The van der Waals surface area contributed by atoms with Crippen LogP contribution in [0.3, 0.4) is 0 Å². The van der Waals surface area contributed by atoms with E-state index in [9.17, 15) is 10.1 Å². The zero-order chi connectivity index (χ0) is 13.5. The maximum atomic E-state index is 10.9. The molecule has 0 fully saturated rings. The van der Waals surface area contributed by atoms with Crippen molar-refractivity contribution in [3.8, 4) is 0 Å². The van der Waals surface area contributed by atoms with E-state index in [0.717, 1.165) is 17.5 Å². The largest absolute Gasteiger partial charge is 0.309 e. The maximum absolute atomic E-state index is 10.9. The number of rotatable bonds is 7. The van der Waals surface area contributed by atoms with Gasteiger partial charge in [0.05, 0.1) is 4.92 Å². The first kappa shape index (κ1) is 14.4.